The molecule has 1 aliphatic carbocycles. The number of hydrogen-bond donors (Lipinski definition) is 0. The van der Waals surface area contributed by atoms with Crippen molar-refractivity contribution in [3.8, 4) is 0 Å². The van der Waals surface area contributed by atoms with Crippen molar-refractivity contribution >= 4 is 22.6 Å². The Balaban J connectivity index is 1.82. The van der Waals surface area contributed by atoms with Crippen molar-refractivity contribution in [2.45, 2.75) is 31.7 Å². The Morgan fingerprint density at radius 3 is 2.89 bits per heavy atom. The average molecular weight is 244 g/mol. The molecular weight excluding hydrogens is 228 g/mol. The van der Waals surface area contributed by atoms with Gasteiger partial charge in [-0.3, -0.25) is 4.79 Å². The fourth-order valence-corrected chi connectivity index (χ4v) is 2.59. The summed E-state index contributed by atoms with van der Waals surface area (Å²) in [6, 6.07) is 6.49. The molecule has 94 valence electrons. The lowest BCUT2D eigenvalue weighted by atomic mass is 9.93. The van der Waals surface area contributed by atoms with Gasteiger partial charge < -0.3 is 9.32 Å². The highest BCUT2D eigenvalue weighted by molar-refractivity contribution is 5.80. The van der Waals surface area contributed by atoms with E-state index in [1.807, 2.05) is 12.1 Å². The highest BCUT2D eigenvalue weighted by Crippen LogP contribution is 2.27. The van der Waals surface area contributed by atoms with Crippen LogP contribution in [-0.2, 0) is 4.79 Å². The van der Waals surface area contributed by atoms with Gasteiger partial charge in [0.1, 0.15) is 11.3 Å². The highest BCUT2D eigenvalue weighted by Gasteiger charge is 2.22. The van der Waals surface area contributed by atoms with E-state index in [1.54, 1.807) is 0 Å². The molecule has 0 saturated heterocycles. The Labute approximate surface area is 106 Å². The molecule has 1 aliphatic rings. The van der Waals surface area contributed by atoms with Crippen LogP contribution in [0.1, 0.15) is 25.7 Å². The van der Waals surface area contributed by atoms with Crippen molar-refractivity contribution in [2.75, 3.05) is 11.9 Å². The van der Waals surface area contributed by atoms with Crippen LogP contribution in [0, 0.1) is 0 Å². The smallest absolute Gasteiger partial charge is 0.181 e. The first-order valence-corrected chi connectivity index (χ1v) is 6.32. The van der Waals surface area contributed by atoms with E-state index in [4.69, 9.17) is 4.42 Å². The van der Waals surface area contributed by atoms with Gasteiger partial charge >= 0.3 is 0 Å². The molecule has 0 unspecified atom stereocenters. The maximum Gasteiger partial charge on any atom is 0.181 e. The predicted octanol–water partition coefficient (Wildman–Crippen LogP) is 2.78. The molecule has 2 aromatic rings. The quantitative estimate of drug-likeness (QED) is 0.815. The topological polar surface area (TPSA) is 46.3 Å². The summed E-state index contributed by atoms with van der Waals surface area (Å²) in [6.07, 6.45) is 4.78. The first-order valence-electron chi connectivity index (χ1n) is 6.32. The van der Waals surface area contributed by atoms with Crippen LogP contribution in [0.25, 0.3) is 11.1 Å². The molecule has 0 spiro atoms. The molecule has 1 aromatic heterocycles. The Morgan fingerprint density at radius 2 is 2.11 bits per heavy atom. The van der Waals surface area contributed by atoms with Gasteiger partial charge in [0.05, 0.1) is 0 Å². The fraction of sp³-hybridized carbons (Fsp3) is 0.429. The Bertz CT molecular complexity index is 566. The molecule has 1 fully saturated rings. The third-order valence-corrected chi connectivity index (χ3v) is 3.78. The molecule has 0 atom stereocenters. The second kappa shape index (κ2) is 4.44. The summed E-state index contributed by atoms with van der Waals surface area (Å²) in [5, 5.41) is 0. The average Bonchev–Trinajstić information content (AvgIpc) is 2.86. The maximum absolute atomic E-state index is 11.3. The minimum absolute atomic E-state index is 0.394. The number of ketones is 1. The number of carbonyl (C=O) groups is 1. The summed E-state index contributed by atoms with van der Waals surface area (Å²) in [7, 11) is 2.08. The molecule has 0 aliphatic heterocycles. The van der Waals surface area contributed by atoms with Gasteiger partial charge in [-0.15, -0.1) is 0 Å². The maximum atomic E-state index is 11.3. The summed E-state index contributed by atoms with van der Waals surface area (Å²) < 4.78 is 5.32. The van der Waals surface area contributed by atoms with E-state index in [0.717, 1.165) is 29.6 Å². The third-order valence-electron chi connectivity index (χ3n) is 3.78. The fourth-order valence-electron chi connectivity index (χ4n) is 2.59. The van der Waals surface area contributed by atoms with E-state index in [9.17, 15) is 4.79 Å². The van der Waals surface area contributed by atoms with Crippen LogP contribution in [0.2, 0.25) is 0 Å². The van der Waals surface area contributed by atoms with E-state index < -0.39 is 0 Å². The largest absolute Gasteiger partial charge is 0.443 e. The van der Waals surface area contributed by atoms with Gasteiger partial charge in [-0.25, -0.2) is 4.98 Å². The third kappa shape index (κ3) is 1.98. The number of fused-ring (bicyclic) bond motifs is 1. The van der Waals surface area contributed by atoms with Crippen LogP contribution in [-0.4, -0.2) is 23.9 Å². The van der Waals surface area contributed by atoms with Crippen LogP contribution in [0.4, 0.5) is 5.69 Å². The molecule has 1 aromatic carbocycles. The van der Waals surface area contributed by atoms with Gasteiger partial charge in [-0.05, 0) is 25.0 Å². The second-order valence-electron chi connectivity index (χ2n) is 4.89. The second-order valence-corrected chi connectivity index (χ2v) is 4.89. The van der Waals surface area contributed by atoms with Gasteiger partial charge in [0.25, 0.3) is 0 Å². The Hall–Kier alpha value is -1.84. The predicted molar refractivity (Wildman–Crippen MR) is 69.7 cm³/mol. The van der Waals surface area contributed by atoms with Gasteiger partial charge in [0.15, 0.2) is 12.0 Å². The van der Waals surface area contributed by atoms with Crippen molar-refractivity contribution in [2.24, 2.45) is 0 Å². The number of oxazole rings is 1. The first-order chi connectivity index (χ1) is 8.74. The van der Waals surface area contributed by atoms with Crippen LogP contribution >= 0.6 is 0 Å². The van der Waals surface area contributed by atoms with Crippen LogP contribution in [0.5, 0.6) is 0 Å². The molecular formula is C14H16N2O2. The van der Waals surface area contributed by atoms with Gasteiger partial charge in [-0.1, -0.05) is 0 Å². The lowest BCUT2D eigenvalue weighted by Crippen LogP contribution is -2.35. The minimum Gasteiger partial charge on any atom is -0.443 e. The van der Waals surface area contributed by atoms with Crippen molar-refractivity contribution in [1.82, 2.24) is 4.98 Å². The van der Waals surface area contributed by atoms with Crippen molar-refractivity contribution < 1.29 is 9.21 Å². The number of Topliss-reactive ketones (excluding diaryl/α,β-unsaturated/α-hetero) is 1. The molecule has 0 N–H and O–H groups in total. The number of hydrogen-bond acceptors (Lipinski definition) is 4. The first kappa shape index (κ1) is 11.3. The van der Waals surface area contributed by atoms with Crippen LogP contribution < -0.4 is 4.90 Å². The SMILES string of the molecule is CN(c1ccc2ncoc2c1)C1CCC(=O)CC1. The zero-order valence-corrected chi connectivity index (χ0v) is 10.4. The molecule has 0 amide bonds. The van der Waals surface area contributed by atoms with E-state index >= 15 is 0 Å². The zero-order chi connectivity index (χ0) is 12.5. The molecule has 0 bridgehead atoms. The molecule has 1 saturated carbocycles. The summed E-state index contributed by atoms with van der Waals surface area (Å²) in [4.78, 5) is 17.6. The molecule has 4 nitrogen and oxygen atoms in total. The van der Waals surface area contributed by atoms with Crippen molar-refractivity contribution in [3.63, 3.8) is 0 Å². The van der Waals surface area contributed by atoms with E-state index in [0.29, 0.717) is 24.7 Å². The van der Waals surface area contributed by atoms with Gasteiger partial charge in [0, 0.05) is 37.7 Å². The molecule has 3 rings (SSSR count). The van der Waals surface area contributed by atoms with E-state index in [1.165, 1.54) is 6.39 Å². The number of aromatic nitrogens is 1. The minimum atomic E-state index is 0.394. The normalized spacial score (nSPS) is 17.3. The number of carbonyl (C=O) groups excluding carboxylic acids is 1. The van der Waals surface area contributed by atoms with Crippen LogP contribution in [0.15, 0.2) is 29.0 Å². The highest BCUT2D eigenvalue weighted by atomic mass is 16.3. The lowest BCUT2D eigenvalue weighted by molar-refractivity contribution is -0.120. The summed E-state index contributed by atoms with van der Waals surface area (Å²) in [6.45, 7) is 0. The van der Waals surface area contributed by atoms with Crippen molar-refractivity contribution in [3.05, 3.63) is 24.6 Å². The number of anilines is 1. The van der Waals surface area contributed by atoms with Gasteiger partial charge in [0.2, 0.25) is 0 Å². The molecule has 18 heavy (non-hydrogen) atoms. The number of benzene rings is 1. The number of nitrogens with zero attached hydrogens (tertiary/aromatic N) is 2. The molecule has 1 heterocycles. The van der Waals surface area contributed by atoms with Gasteiger partial charge in [-0.2, -0.15) is 0 Å². The molecule has 4 heteroatoms. The van der Waals surface area contributed by atoms with E-state index in [-0.39, 0.29) is 0 Å². The summed E-state index contributed by atoms with van der Waals surface area (Å²) in [5.41, 5.74) is 2.82. The zero-order valence-electron chi connectivity index (χ0n) is 10.4. The van der Waals surface area contributed by atoms with Crippen LogP contribution in [0.3, 0.4) is 0 Å². The lowest BCUT2D eigenvalue weighted by Gasteiger charge is -2.32. The standard InChI is InChI=1S/C14H16N2O2/c1-16(10-2-5-12(17)6-3-10)11-4-7-13-14(8-11)18-9-15-13/h4,7-10H,2-3,5-6H2,1H3. The molecule has 0 radical (unpaired) electrons. The monoisotopic (exact) mass is 244 g/mol. The Morgan fingerprint density at radius 1 is 1.33 bits per heavy atom. The van der Waals surface area contributed by atoms with E-state index in [2.05, 4.69) is 23.0 Å². The summed E-state index contributed by atoms with van der Waals surface area (Å²) >= 11 is 0. The number of rotatable bonds is 2. The summed E-state index contributed by atoms with van der Waals surface area (Å²) in [5.74, 6) is 0.394. The van der Waals surface area contributed by atoms with Crippen molar-refractivity contribution in [1.29, 1.82) is 0 Å². The Kier molecular flexibility index (Phi) is 2.78.